The van der Waals surface area contributed by atoms with Crippen LogP contribution in [-0.4, -0.2) is 13.4 Å². The molecule has 0 radical (unpaired) electrons. The zero-order valence-electron chi connectivity index (χ0n) is 11.3. The highest BCUT2D eigenvalue weighted by Gasteiger charge is 2.14. The van der Waals surface area contributed by atoms with Crippen LogP contribution in [0.5, 0.6) is 5.75 Å². The van der Waals surface area contributed by atoms with E-state index in [1.54, 1.807) is 18.9 Å². The number of anilines is 2. The molecule has 6 heteroatoms. The number of thioether (sulfide) groups is 1. The number of nitrogens with two attached hydrogens (primary N) is 1. The van der Waals surface area contributed by atoms with Crippen LogP contribution in [0.3, 0.4) is 0 Å². The quantitative estimate of drug-likeness (QED) is 0.827. The van der Waals surface area contributed by atoms with Gasteiger partial charge in [0, 0.05) is 6.54 Å². The molecule has 0 bridgehead atoms. The standard InChI is InChI=1S/C14H15N3OS2/c1-18-10-5-3-4-9(6-10)8-17-14-13(19-2)12(16)11(7-15)20-14/h3-6,17H,8,16H2,1-2H3. The third-order valence-electron chi connectivity index (χ3n) is 2.79. The van der Waals surface area contributed by atoms with E-state index in [4.69, 9.17) is 15.7 Å². The predicted molar refractivity (Wildman–Crippen MR) is 85.5 cm³/mol. The Morgan fingerprint density at radius 1 is 1.50 bits per heavy atom. The molecule has 0 spiro atoms. The van der Waals surface area contributed by atoms with Crippen LogP contribution in [0.15, 0.2) is 29.2 Å². The smallest absolute Gasteiger partial charge is 0.131 e. The second-order valence-corrected chi connectivity index (χ2v) is 5.86. The van der Waals surface area contributed by atoms with Crippen LogP contribution in [0.25, 0.3) is 0 Å². The highest BCUT2D eigenvalue weighted by atomic mass is 32.2. The van der Waals surface area contributed by atoms with Gasteiger partial charge >= 0.3 is 0 Å². The van der Waals surface area contributed by atoms with E-state index in [-0.39, 0.29) is 0 Å². The molecule has 0 saturated carbocycles. The van der Waals surface area contributed by atoms with E-state index in [1.165, 1.54) is 11.3 Å². The average molecular weight is 305 g/mol. The summed E-state index contributed by atoms with van der Waals surface area (Å²) in [4.78, 5) is 1.50. The minimum atomic E-state index is 0.558. The molecule has 4 nitrogen and oxygen atoms in total. The molecule has 1 heterocycles. The highest BCUT2D eigenvalue weighted by molar-refractivity contribution is 7.99. The van der Waals surface area contributed by atoms with E-state index in [9.17, 15) is 0 Å². The van der Waals surface area contributed by atoms with Gasteiger partial charge in [-0.3, -0.25) is 0 Å². The van der Waals surface area contributed by atoms with E-state index in [0.717, 1.165) is 21.2 Å². The molecule has 104 valence electrons. The molecular weight excluding hydrogens is 290 g/mol. The van der Waals surface area contributed by atoms with Crippen molar-refractivity contribution in [1.29, 1.82) is 5.26 Å². The van der Waals surface area contributed by atoms with Gasteiger partial charge in [0.1, 0.15) is 21.7 Å². The van der Waals surface area contributed by atoms with E-state index < -0.39 is 0 Å². The van der Waals surface area contributed by atoms with Crippen molar-refractivity contribution in [2.45, 2.75) is 11.4 Å². The summed E-state index contributed by atoms with van der Waals surface area (Å²) >= 11 is 2.94. The van der Waals surface area contributed by atoms with Gasteiger partial charge in [-0.05, 0) is 24.0 Å². The van der Waals surface area contributed by atoms with Crippen molar-refractivity contribution >= 4 is 33.8 Å². The van der Waals surface area contributed by atoms with Gasteiger partial charge < -0.3 is 15.8 Å². The summed E-state index contributed by atoms with van der Waals surface area (Å²) in [5.74, 6) is 0.831. The lowest BCUT2D eigenvalue weighted by Gasteiger charge is -2.07. The van der Waals surface area contributed by atoms with Gasteiger partial charge in [-0.2, -0.15) is 5.26 Å². The van der Waals surface area contributed by atoms with Crippen molar-refractivity contribution < 1.29 is 4.74 Å². The molecule has 0 unspecified atom stereocenters. The van der Waals surface area contributed by atoms with Crippen molar-refractivity contribution in [3.63, 3.8) is 0 Å². The lowest BCUT2D eigenvalue weighted by Crippen LogP contribution is -1.99. The van der Waals surface area contributed by atoms with Crippen LogP contribution >= 0.6 is 23.1 Å². The molecule has 20 heavy (non-hydrogen) atoms. The molecule has 0 aliphatic carbocycles. The minimum absolute atomic E-state index is 0.558. The SMILES string of the molecule is COc1cccc(CNc2sc(C#N)c(N)c2SC)c1. The van der Waals surface area contributed by atoms with E-state index in [0.29, 0.717) is 17.1 Å². The molecule has 0 saturated heterocycles. The van der Waals surface area contributed by atoms with Crippen molar-refractivity contribution in [3.05, 3.63) is 34.7 Å². The van der Waals surface area contributed by atoms with Gasteiger partial charge in [-0.1, -0.05) is 12.1 Å². The second kappa shape index (κ2) is 6.55. The number of hydrogen-bond donors (Lipinski definition) is 2. The molecule has 2 rings (SSSR count). The molecule has 0 amide bonds. The van der Waals surface area contributed by atoms with Crippen LogP contribution < -0.4 is 15.8 Å². The molecule has 3 N–H and O–H groups in total. The molecular formula is C14H15N3OS2. The number of nitrogen functional groups attached to an aromatic ring is 1. The van der Waals surface area contributed by atoms with Gasteiger partial charge in [-0.15, -0.1) is 23.1 Å². The van der Waals surface area contributed by atoms with Crippen LogP contribution in [-0.2, 0) is 6.54 Å². The van der Waals surface area contributed by atoms with Gasteiger partial charge in [0.2, 0.25) is 0 Å². The molecule has 0 fully saturated rings. The number of benzene rings is 1. The summed E-state index contributed by atoms with van der Waals surface area (Å²) < 4.78 is 5.20. The second-order valence-electron chi connectivity index (χ2n) is 4.02. The third kappa shape index (κ3) is 3.00. The maximum atomic E-state index is 9.03. The largest absolute Gasteiger partial charge is 0.497 e. The summed E-state index contributed by atoms with van der Waals surface area (Å²) in [6.45, 7) is 0.662. The predicted octanol–water partition coefficient (Wildman–Crippen LogP) is 3.54. The Morgan fingerprint density at radius 2 is 2.30 bits per heavy atom. The summed E-state index contributed by atoms with van der Waals surface area (Å²) in [5, 5.41) is 13.3. The molecule has 0 atom stereocenters. The molecule has 1 aromatic heterocycles. The maximum Gasteiger partial charge on any atom is 0.131 e. The number of hydrogen-bond acceptors (Lipinski definition) is 6. The normalized spacial score (nSPS) is 10.1. The Morgan fingerprint density at radius 3 is 2.95 bits per heavy atom. The Balaban J connectivity index is 2.16. The summed E-state index contributed by atoms with van der Waals surface area (Å²) in [6, 6.07) is 9.99. The first-order valence-electron chi connectivity index (χ1n) is 5.92. The van der Waals surface area contributed by atoms with Crippen LogP contribution in [0.2, 0.25) is 0 Å². The van der Waals surface area contributed by atoms with Crippen LogP contribution in [0.1, 0.15) is 10.4 Å². The Labute approximate surface area is 126 Å². The molecule has 0 aliphatic rings. The summed E-state index contributed by atoms with van der Waals surface area (Å²) in [5.41, 5.74) is 7.63. The van der Waals surface area contributed by atoms with Gasteiger partial charge in [0.15, 0.2) is 0 Å². The fraction of sp³-hybridized carbons (Fsp3) is 0.214. The minimum Gasteiger partial charge on any atom is -0.497 e. The third-order valence-corrected chi connectivity index (χ3v) is 4.82. The van der Waals surface area contributed by atoms with Crippen LogP contribution in [0, 0.1) is 11.3 Å². The van der Waals surface area contributed by atoms with Gasteiger partial charge in [0.05, 0.1) is 17.7 Å². The Bertz CT molecular complexity index is 646. The van der Waals surface area contributed by atoms with Crippen molar-refractivity contribution in [2.75, 3.05) is 24.4 Å². The fourth-order valence-electron chi connectivity index (χ4n) is 1.80. The Kier molecular flexibility index (Phi) is 4.77. The lowest BCUT2D eigenvalue weighted by atomic mass is 10.2. The number of ether oxygens (including phenoxy) is 1. The number of nitrogens with zero attached hydrogens (tertiary/aromatic N) is 1. The highest BCUT2D eigenvalue weighted by Crippen LogP contribution is 2.41. The number of nitrogens with one attached hydrogen (secondary N) is 1. The fourth-order valence-corrected chi connectivity index (χ4v) is 3.62. The molecule has 2 aromatic rings. The zero-order chi connectivity index (χ0) is 14.5. The van der Waals surface area contributed by atoms with E-state index >= 15 is 0 Å². The van der Waals surface area contributed by atoms with E-state index in [2.05, 4.69) is 11.4 Å². The number of thiophene rings is 1. The molecule has 0 aliphatic heterocycles. The monoisotopic (exact) mass is 305 g/mol. The summed E-state index contributed by atoms with van der Waals surface area (Å²) in [7, 11) is 1.65. The number of rotatable bonds is 5. The zero-order valence-corrected chi connectivity index (χ0v) is 12.9. The maximum absolute atomic E-state index is 9.03. The van der Waals surface area contributed by atoms with Crippen molar-refractivity contribution in [1.82, 2.24) is 0 Å². The lowest BCUT2D eigenvalue weighted by molar-refractivity contribution is 0.414. The number of methoxy groups -OCH3 is 1. The van der Waals surface area contributed by atoms with Crippen molar-refractivity contribution in [3.8, 4) is 11.8 Å². The van der Waals surface area contributed by atoms with Crippen molar-refractivity contribution in [2.24, 2.45) is 0 Å². The van der Waals surface area contributed by atoms with E-state index in [1.807, 2.05) is 30.5 Å². The molecule has 1 aromatic carbocycles. The topological polar surface area (TPSA) is 71.1 Å². The number of nitriles is 1. The Hall–Kier alpha value is -1.84. The average Bonchev–Trinajstić information content (AvgIpc) is 2.80. The van der Waals surface area contributed by atoms with Gasteiger partial charge in [0.25, 0.3) is 0 Å². The first-order chi connectivity index (χ1) is 9.69. The first-order valence-corrected chi connectivity index (χ1v) is 7.96. The van der Waals surface area contributed by atoms with Gasteiger partial charge in [-0.25, -0.2) is 0 Å². The van der Waals surface area contributed by atoms with Crippen LogP contribution in [0.4, 0.5) is 10.7 Å². The summed E-state index contributed by atoms with van der Waals surface area (Å²) in [6.07, 6.45) is 1.95. The first kappa shape index (κ1) is 14.6.